The summed E-state index contributed by atoms with van der Waals surface area (Å²) in [6, 6.07) is 7.46. The van der Waals surface area contributed by atoms with E-state index in [1.165, 1.54) is 54.3 Å². The van der Waals surface area contributed by atoms with Crippen molar-refractivity contribution in [1.29, 1.82) is 0 Å². The largest absolute Gasteiger partial charge is 0.350 e. The van der Waals surface area contributed by atoms with Gasteiger partial charge in [0.05, 0.1) is 0 Å². The number of aryl methyl sites for hydroxylation is 2. The Hall–Kier alpha value is -1.28. The third-order valence-electron chi connectivity index (χ3n) is 4.11. The quantitative estimate of drug-likeness (QED) is 0.856. The van der Waals surface area contributed by atoms with Gasteiger partial charge in [-0.3, -0.25) is 0 Å². The number of hydrogen-bond acceptors (Lipinski definition) is 1. The van der Waals surface area contributed by atoms with Crippen LogP contribution in [0.25, 0.3) is 10.9 Å². The minimum Gasteiger partial charge on any atom is -0.350 e. The molecule has 2 aromatic rings. The third-order valence-corrected chi connectivity index (χ3v) is 4.11. The SMILES string of the molecule is Cc1ccc2c(CC3CCCCN3)cn(C)c2c1. The molecule has 0 radical (unpaired) electrons. The molecule has 0 spiro atoms. The molecule has 0 bridgehead atoms. The van der Waals surface area contributed by atoms with Crippen LogP contribution in [0.4, 0.5) is 0 Å². The topological polar surface area (TPSA) is 17.0 Å². The van der Waals surface area contributed by atoms with Crippen LogP contribution in [0, 0.1) is 6.92 Å². The second-order valence-corrected chi connectivity index (χ2v) is 5.64. The molecule has 1 aromatic heterocycles. The Balaban J connectivity index is 1.91. The highest BCUT2D eigenvalue weighted by Crippen LogP contribution is 2.24. The monoisotopic (exact) mass is 242 g/mol. The molecule has 1 aromatic carbocycles. The summed E-state index contributed by atoms with van der Waals surface area (Å²) in [5.41, 5.74) is 4.19. The van der Waals surface area contributed by atoms with E-state index in [1.807, 2.05) is 0 Å². The Morgan fingerprint density at radius 1 is 1.33 bits per heavy atom. The maximum Gasteiger partial charge on any atom is 0.0483 e. The molecule has 1 aliphatic rings. The molecule has 18 heavy (non-hydrogen) atoms. The van der Waals surface area contributed by atoms with Gasteiger partial charge in [0.1, 0.15) is 0 Å². The van der Waals surface area contributed by atoms with Crippen molar-refractivity contribution in [1.82, 2.24) is 9.88 Å². The van der Waals surface area contributed by atoms with Gasteiger partial charge >= 0.3 is 0 Å². The second-order valence-electron chi connectivity index (χ2n) is 5.64. The lowest BCUT2D eigenvalue weighted by Crippen LogP contribution is -2.35. The summed E-state index contributed by atoms with van der Waals surface area (Å²) in [6.45, 7) is 3.35. The van der Waals surface area contributed by atoms with E-state index in [-0.39, 0.29) is 0 Å². The Morgan fingerprint density at radius 3 is 3.00 bits per heavy atom. The van der Waals surface area contributed by atoms with Crippen molar-refractivity contribution in [2.24, 2.45) is 7.05 Å². The van der Waals surface area contributed by atoms with Crippen LogP contribution in [0.2, 0.25) is 0 Å². The predicted octanol–water partition coefficient (Wildman–Crippen LogP) is 3.17. The Bertz CT molecular complexity index is 547. The fourth-order valence-electron chi connectivity index (χ4n) is 3.10. The molecule has 3 rings (SSSR count). The zero-order valence-corrected chi connectivity index (χ0v) is 11.4. The molecule has 2 heteroatoms. The number of aromatic nitrogens is 1. The van der Waals surface area contributed by atoms with Crippen molar-refractivity contribution in [2.45, 2.75) is 38.6 Å². The highest BCUT2D eigenvalue weighted by atomic mass is 14.9. The number of piperidine rings is 1. The van der Waals surface area contributed by atoms with Crippen LogP contribution < -0.4 is 5.32 Å². The molecular weight excluding hydrogens is 220 g/mol. The van der Waals surface area contributed by atoms with E-state index >= 15 is 0 Å². The zero-order chi connectivity index (χ0) is 12.5. The van der Waals surface area contributed by atoms with Crippen molar-refractivity contribution in [3.8, 4) is 0 Å². The summed E-state index contributed by atoms with van der Waals surface area (Å²) < 4.78 is 2.26. The first kappa shape index (κ1) is 11.8. The van der Waals surface area contributed by atoms with Crippen LogP contribution in [-0.2, 0) is 13.5 Å². The fraction of sp³-hybridized carbons (Fsp3) is 0.500. The molecular formula is C16H22N2. The normalized spacial score (nSPS) is 20.4. The minimum absolute atomic E-state index is 0.672. The van der Waals surface area contributed by atoms with Crippen molar-refractivity contribution >= 4 is 10.9 Å². The summed E-state index contributed by atoms with van der Waals surface area (Å²) in [7, 11) is 2.15. The summed E-state index contributed by atoms with van der Waals surface area (Å²) in [4.78, 5) is 0. The number of benzene rings is 1. The smallest absolute Gasteiger partial charge is 0.0483 e. The standard InChI is InChI=1S/C16H22N2/c1-12-6-7-15-13(11-18(2)16(15)9-12)10-14-5-3-4-8-17-14/h6-7,9,11,14,17H,3-5,8,10H2,1-2H3. The lowest BCUT2D eigenvalue weighted by atomic mass is 9.97. The average molecular weight is 242 g/mol. The highest BCUT2D eigenvalue weighted by molar-refractivity contribution is 5.84. The van der Waals surface area contributed by atoms with Crippen LogP contribution >= 0.6 is 0 Å². The van der Waals surface area contributed by atoms with Gasteiger partial charge in [-0.25, -0.2) is 0 Å². The van der Waals surface area contributed by atoms with E-state index in [9.17, 15) is 0 Å². The number of hydrogen-bond donors (Lipinski definition) is 1. The van der Waals surface area contributed by atoms with Gasteiger partial charge in [-0.05, 0) is 49.9 Å². The number of nitrogens with one attached hydrogen (secondary N) is 1. The van der Waals surface area contributed by atoms with E-state index in [2.05, 4.69) is 48.3 Å². The molecule has 1 N–H and O–H groups in total. The molecule has 1 atom stereocenters. The Morgan fingerprint density at radius 2 is 2.22 bits per heavy atom. The van der Waals surface area contributed by atoms with Crippen molar-refractivity contribution in [3.05, 3.63) is 35.5 Å². The van der Waals surface area contributed by atoms with Crippen LogP contribution in [0.15, 0.2) is 24.4 Å². The molecule has 96 valence electrons. The predicted molar refractivity (Wildman–Crippen MR) is 77.0 cm³/mol. The second kappa shape index (κ2) is 4.77. The maximum atomic E-state index is 3.64. The van der Waals surface area contributed by atoms with Crippen LogP contribution in [0.1, 0.15) is 30.4 Å². The maximum absolute atomic E-state index is 3.64. The van der Waals surface area contributed by atoms with Crippen molar-refractivity contribution < 1.29 is 0 Å². The molecule has 2 heterocycles. The molecule has 0 aliphatic carbocycles. The molecule has 1 saturated heterocycles. The lowest BCUT2D eigenvalue weighted by molar-refractivity contribution is 0.400. The number of rotatable bonds is 2. The minimum atomic E-state index is 0.672. The summed E-state index contributed by atoms with van der Waals surface area (Å²) in [5.74, 6) is 0. The van der Waals surface area contributed by atoms with Crippen LogP contribution in [0.3, 0.4) is 0 Å². The zero-order valence-electron chi connectivity index (χ0n) is 11.4. The molecule has 1 fully saturated rings. The van der Waals surface area contributed by atoms with E-state index in [0.29, 0.717) is 6.04 Å². The molecule has 0 amide bonds. The van der Waals surface area contributed by atoms with E-state index in [0.717, 1.165) is 0 Å². The van der Waals surface area contributed by atoms with E-state index in [1.54, 1.807) is 0 Å². The van der Waals surface area contributed by atoms with Gasteiger partial charge in [0, 0.05) is 30.2 Å². The highest BCUT2D eigenvalue weighted by Gasteiger charge is 2.15. The first-order valence-electron chi connectivity index (χ1n) is 7.02. The van der Waals surface area contributed by atoms with Crippen molar-refractivity contribution in [3.63, 3.8) is 0 Å². The number of nitrogens with zero attached hydrogens (tertiary/aromatic N) is 1. The van der Waals surface area contributed by atoms with Crippen LogP contribution in [0.5, 0.6) is 0 Å². The number of fused-ring (bicyclic) bond motifs is 1. The van der Waals surface area contributed by atoms with Gasteiger partial charge < -0.3 is 9.88 Å². The molecule has 0 saturated carbocycles. The average Bonchev–Trinajstić information content (AvgIpc) is 2.67. The summed E-state index contributed by atoms with van der Waals surface area (Å²) in [5, 5.41) is 5.07. The first-order valence-corrected chi connectivity index (χ1v) is 7.02. The first-order chi connectivity index (χ1) is 8.74. The molecule has 2 nitrogen and oxygen atoms in total. The van der Waals surface area contributed by atoms with E-state index in [4.69, 9.17) is 0 Å². The summed E-state index contributed by atoms with van der Waals surface area (Å²) in [6.07, 6.45) is 7.51. The molecule has 1 aliphatic heterocycles. The van der Waals surface area contributed by atoms with Gasteiger partial charge in [-0.1, -0.05) is 18.6 Å². The van der Waals surface area contributed by atoms with Crippen molar-refractivity contribution in [2.75, 3.05) is 6.54 Å². The fourth-order valence-corrected chi connectivity index (χ4v) is 3.10. The van der Waals surface area contributed by atoms with Crippen LogP contribution in [-0.4, -0.2) is 17.2 Å². The Kier molecular flexibility index (Phi) is 3.13. The molecule has 1 unspecified atom stereocenters. The van der Waals surface area contributed by atoms with Gasteiger partial charge in [0.15, 0.2) is 0 Å². The van der Waals surface area contributed by atoms with Gasteiger partial charge in [0.25, 0.3) is 0 Å². The van der Waals surface area contributed by atoms with Gasteiger partial charge in [0.2, 0.25) is 0 Å². The Labute approximate surface area is 109 Å². The lowest BCUT2D eigenvalue weighted by Gasteiger charge is -2.23. The van der Waals surface area contributed by atoms with Gasteiger partial charge in [-0.15, -0.1) is 0 Å². The summed E-state index contributed by atoms with van der Waals surface area (Å²) >= 11 is 0. The third kappa shape index (κ3) is 2.17. The van der Waals surface area contributed by atoms with Gasteiger partial charge in [-0.2, -0.15) is 0 Å². The van der Waals surface area contributed by atoms with E-state index < -0.39 is 0 Å².